The van der Waals surface area contributed by atoms with Crippen LogP contribution in [0.25, 0.3) is 164 Å². The Labute approximate surface area is 566 Å². The summed E-state index contributed by atoms with van der Waals surface area (Å²) in [5, 5.41) is 7.60. The summed E-state index contributed by atoms with van der Waals surface area (Å²) in [6.45, 7) is 19.8. The summed E-state index contributed by atoms with van der Waals surface area (Å²) < 4.78 is 27.9. The van der Waals surface area contributed by atoms with Crippen molar-refractivity contribution in [3.63, 3.8) is 0 Å². The van der Waals surface area contributed by atoms with Crippen molar-refractivity contribution in [3.05, 3.63) is 287 Å². The number of hydrogen-bond acceptors (Lipinski definition) is 2. The number of hydrogen-bond donors (Lipinski definition) is 0. The van der Waals surface area contributed by atoms with Crippen molar-refractivity contribution < 1.29 is 8.83 Å². The first-order valence-corrected chi connectivity index (χ1v) is 37.3. The van der Waals surface area contributed by atoms with Crippen molar-refractivity contribution in [1.82, 2.24) is 18.3 Å². The SMILES string of the molecule is CC1(C)c2ccccc2-c2cc3oc4c5c6c(oc7cc8c(c9c7p6c6c(cc7c(c6n9-c6ccccc6)C(C)(C)c6ccccc6-7)n5-c5ccccc5)C(C)(C)c5ccccc5-8)c5c4p4c3c(c21)n(-c1ccccc1)c1c2c(cc(c14)n5-c1ccccc1)-c1ccccc1C2(C)C. The molecule has 0 spiro atoms. The molecule has 0 fully saturated rings. The van der Waals surface area contributed by atoms with Crippen LogP contribution in [0.1, 0.15) is 99.9 Å². The maximum Gasteiger partial charge on any atom is 0.166 e. The summed E-state index contributed by atoms with van der Waals surface area (Å²) in [4.78, 5) is 0. The summed E-state index contributed by atoms with van der Waals surface area (Å²) in [7, 11) is -2.98. The highest BCUT2D eigenvalue weighted by Crippen LogP contribution is 2.69. The van der Waals surface area contributed by atoms with E-state index in [4.69, 9.17) is 8.83 Å². The van der Waals surface area contributed by atoms with Gasteiger partial charge in [0.25, 0.3) is 0 Å². The van der Waals surface area contributed by atoms with Crippen LogP contribution in [0.4, 0.5) is 0 Å². The first kappa shape index (κ1) is 54.4. The van der Waals surface area contributed by atoms with Gasteiger partial charge in [-0.15, -0.1) is 0 Å². The van der Waals surface area contributed by atoms with Crippen LogP contribution < -0.4 is 0 Å². The molecule has 19 aromatic rings. The van der Waals surface area contributed by atoms with Crippen LogP contribution in [0.5, 0.6) is 0 Å². The molecule has 2 unspecified atom stereocenters. The topological polar surface area (TPSA) is 46.0 Å². The first-order chi connectivity index (χ1) is 47.7. The van der Waals surface area contributed by atoms with Gasteiger partial charge in [0.2, 0.25) is 0 Å². The van der Waals surface area contributed by atoms with E-state index in [2.05, 4.69) is 316 Å². The van der Waals surface area contributed by atoms with E-state index in [-0.39, 0.29) is 10.8 Å². The lowest BCUT2D eigenvalue weighted by molar-refractivity contribution is 0.652. The van der Waals surface area contributed by atoms with Crippen LogP contribution in [0.15, 0.2) is 251 Å². The Kier molecular flexibility index (Phi) is 9.92. The predicted octanol–water partition coefficient (Wildman–Crippen LogP) is 25.4. The van der Waals surface area contributed by atoms with Gasteiger partial charge in [0.15, 0.2) is 11.2 Å². The number of fused-ring (bicyclic) bond motifs is 18. The average molecular weight is 1300 g/mol. The van der Waals surface area contributed by atoms with Crippen LogP contribution in [-0.2, 0) is 21.7 Å². The van der Waals surface area contributed by atoms with E-state index >= 15 is 0 Å². The third kappa shape index (κ3) is 6.17. The second-order valence-corrected chi connectivity index (χ2v) is 34.3. The fourth-order valence-corrected chi connectivity index (χ4v) is 26.2. The van der Waals surface area contributed by atoms with E-state index in [9.17, 15) is 0 Å². The maximum atomic E-state index is 8.57. The fraction of sp³-hybridized carbons (Fsp3) is 0.133. The minimum atomic E-state index is -1.49. The Morgan fingerprint density at radius 3 is 0.806 bits per heavy atom. The van der Waals surface area contributed by atoms with Crippen LogP contribution in [-0.4, -0.2) is 18.3 Å². The molecule has 0 radical (unpaired) electrons. The molecule has 98 heavy (non-hydrogen) atoms. The zero-order valence-electron chi connectivity index (χ0n) is 55.6. The molecule has 0 aliphatic heterocycles. The highest BCUT2D eigenvalue weighted by atomic mass is 31.1. The Morgan fingerprint density at radius 2 is 0.500 bits per heavy atom. The van der Waals surface area contributed by atoms with Crippen LogP contribution in [0, 0.1) is 0 Å². The summed E-state index contributed by atoms with van der Waals surface area (Å²) in [6, 6.07) is 92.3. The van der Waals surface area contributed by atoms with Crippen LogP contribution in [0.2, 0.25) is 0 Å². The van der Waals surface area contributed by atoms with E-state index in [1.165, 1.54) is 153 Å². The van der Waals surface area contributed by atoms with Gasteiger partial charge in [-0.05, 0) is 162 Å². The Balaban J connectivity index is 1.09. The van der Waals surface area contributed by atoms with Gasteiger partial charge in [-0.2, -0.15) is 0 Å². The van der Waals surface area contributed by atoms with Crippen molar-refractivity contribution in [3.8, 4) is 67.3 Å². The molecule has 0 N–H and O–H groups in total. The Morgan fingerprint density at radius 1 is 0.245 bits per heavy atom. The number of aromatic nitrogens is 4. The van der Waals surface area contributed by atoms with Gasteiger partial charge < -0.3 is 27.1 Å². The fourth-order valence-electron chi connectivity index (χ4n) is 20.2. The van der Waals surface area contributed by atoms with Crippen molar-refractivity contribution in [1.29, 1.82) is 0 Å². The lowest BCUT2D eigenvalue weighted by Crippen LogP contribution is -2.20. The maximum absolute atomic E-state index is 8.57. The molecule has 8 heteroatoms. The van der Waals surface area contributed by atoms with E-state index in [1.807, 2.05) is 0 Å². The monoisotopic (exact) mass is 1290 g/mol. The van der Waals surface area contributed by atoms with Crippen LogP contribution in [0.3, 0.4) is 0 Å². The molecule has 6 heterocycles. The highest BCUT2D eigenvalue weighted by Gasteiger charge is 2.47. The lowest BCUT2D eigenvalue weighted by atomic mass is 9.81. The predicted molar refractivity (Wildman–Crippen MR) is 410 cm³/mol. The number of para-hydroxylation sites is 4. The van der Waals surface area contributed by atoms with Gasteiger partial charge in [0, 0.05) is 54.6 Å². The summed E-state index contributed by atoms with van der Waals surface area (Å²) in [5.41, 5.74) is 36.9. The number of benzene rings is 13. The lowest BCUT2D eigenvalue weighted by Gasteiger charge is -2.34. The van der Waals surface area contributed by atoms with Gasteiger partial charge in [0.1, 0.15) is 22.2 Å². The second kappa shape index (κ2) is 17.9. The van der Waals surface area contributed by atoms with Crippen molar-refractivity contribution >= 4 is 112 Å². The molecule has 0 saturated heterocycles. The quantitative estimate of drug-likeness (QED) is 0.130. The molecule has 6 nitrogen and oxygen atoms in total. The molecule has 466 valence electrons. The average Bonchev–Trinajstić information content (AvgIpc) is 1.05. The minimum absolute atomic E-state index is 0.388. The normalized spacial score (nSPS) is 16.0. The molecule has 4 aliphatic carbocycles. The van der Waals surface area contributed by atoms with Gasteiger partial charge >= 0.3 is 0 Å². The molecule has 6 aromatic heterocycles. The standard InChI is InChI=1S/C90H64N4O2P2/c1-87(2)61-41-25-21-37-53(61)57-45-65-81-73(69(57)87)93(51-33-17-11-18-34-51)75-71-59(55-39-23-27-43-63(55)89(71,5)6)47-67-83(75)97(81)85-77(91(65)49-29-13-9-14-30-49)80-86-78(79(85)95-67)92(50-31-15-10-16-32-50)66-46-58-54-38-22-26-42-62(54)88(3,4)70(58)74-82(66)98(86)84-68(96-80)48-60-56-40-24-28-44-64(56)90(7,8)72(60)76(84)94(74)52-35-19-12-20-36-52/h9-48H,1-8H3. The molecule has 0 amide bonds. The molecule has 23 rings (SSSR count). The zero-order valence-corrected chi connectivity index (χ0v) is 57.4. The number of nitrogens with zero attached hydrogens (tertiary/aromatic N) is 4. The molecule has 4 aliphatic rings. The minimum Gasteiger partial charge on any atom is -0.453 e. The van der Waals surface area contributed by atoms with Crippen molar-refractivity contribution in [2.24, 2.45) is 0 Å². The molecular weight excluding hydrogens is 1230 g/mol. The zero-order chi connectivity index (χ0) is 65.1. The van der Waals surface area contributed by atoms with Crippen molar-refractivity contribution in [2.45, 2.75) is 77.0 Å². The van der Waals surface area contributed by atoms with Crippen LogP contribution >= 0.6 is 14.7 Å². The van der Waals surface area contributed by atoms with E-state index in [1.54, 1.807) is 0 Å². The van der Waals surface area contributed by atoms with E-state index in [0.29, 0.717) is 0 Å². The van der Waals surface area contributed by atoms with Gasteiger partial charge in [-0.3, -0.25) is 0 Å². The first-order valence-electron chi connectivity index (χ1n) is 34.6. The molecule has 2 atom stereocenters. The Bertz CT molecular complexity index is 6470. The highest BCUT2D eigenvalue weighted by molar-refractivity contribution is 7.65. The second-order valence-electron chi connectivity index (χ2n) is 30.3. The van der Waals surface area contributed by atoms with Gasteiger partial charge in [-0.1, -0.05) is 240 Å². The summed E-state index contributed by atoms with van der Waals surface area (Å²) in [5.74, 6) is 0. The molecule has 0 saturated carbocycles. The Hall–Kier alpha value is -10.7. The van der Waals surface area contributed by atoms with Crippen molar-refractivity contribution in [2.75, 3.05) is 0 Å². The summed E-state index contributed by atoms with van der Waals surface area (Å²) in [6.07, 6.45) is 0. The van der Waals surface area contributed by atoms with E-state index in [0.717, 1.165) is 56.1 Å². The third-order valence-corrected chi connectivity index (χ3v) is 29.3. The third-order valence-electron chi connectivity index (χ3n) is 24.0. The van der Waals surface area contributed by atoms with Gasteiger partial charge in [-0.25, -0.2) is 0 Å². The molecule has 13 aromatic carbocycles. The molecular formula is C90H64N4O2P2. The number of rotatable bonds is 4. The van der Waals surface area contributed by atoms with E-state index < -0.39 is 25.5 Å². The van der Waals surface area contributed by atoms with Gasteiger partial charge in [0.05, 0.1) is 53.6 Å². The largest absolute Gasteiger partial charge is 0.453 e. The molecule has 0 bridgehead atoms. The summed E-state index contributed by atoms with van der Waals surface area (Å²) >= 11 is 0. The smallest absolute Gasteiger partial charge is 0.166 e.